The molecule has 150 valence electrons. The summed E-state index contributed by atoms with van der Waals surface area (Å²) in [5.41, 5.74) is 2.19. The van der Waals surface area contributed by atoms with Crippen LogP contribution in [-0.4, -0.2) is 10.5 Å². The van der Waals surface area contributed by atoms with Gasteiger partial charge in [0, 0.05) is 28.0 Å². The number of aryl methyl sites for hydroxylation is 1. The highest BCUT2D eigenvalue weighted by Gasteiger charge is 2.22. The summed E-state index contributed by atoms with van der Waals surface area (Å²) < 4.78 is 7.40. The smallest absolute Gasteiger partial charge is 0.261 e. The number of furan rings is 1. The molecule has 0 aliphatic rings. The number of halogens is 1. The molecule has 30 heavy (non-hydrogen) atoms. The summed E-state index contributed by atoms with van der Waals surface area (Å²) >= 11 is 6.22. The van der Waals surface area contributed by atoms with Crippen molar-refractivity contribution in [2.75, 3.05) is 5.32 Å². The SMILES string of the molecule is Cc1cc(=O)c(C(=O)Nc2ccccc2)c(-c2cccc(Cl)c2)n1Cc1ccco1. The summed E-state index contributed by atoms with van der Waals surface area (Å²) in [5, 5.41) is 3.33. The second-order valence-electron chi connectivity index (χ2n) is 6.87. The minimum Gasteiger partial charge on any atom is -0.467 e. The Labute approximate surface area is 178 Å². The summed E-state index contributed by atoms with van der Waals surface area (Å²) in [6.45, 7) is 2.20. The van der Waals surface area contributed by atoms with Gasteiger partial charge in [-0.1, -0.05) is 41.9 Å². The summed E-state index contributed by atoms with van der Waals surface area (Å²) in [6, 6.07) is 21.3. The van der Waals surface area contributed by atoms with Gasteiger partial charge in [0.2, 0.25) is 0 Å². The van der Waals surface area contributed by atoms with Crippen molar-refractivity contribution < 1.29 is 9.21 Å². The van der Waals surface area contributed by atoms with Crippen molar-refractivity contribution in [1.82, 2.24) is 4.57 Å². The zero-order valence-electron chi connectivity index (χ0n) is 16.3. The Morgan fingerprint density at radius 3 is 2.53 bits per heavy atom. The molecule has 2 heterocycles. The normalized spacial score (nSPS) is 10.7. The van der Waals surface area contributed by atoms with Gasteiger partial charge >= 0.3 is 0 Å². The molecule has 5 nitrogen and oxygen atoms in total. The summed E-state index contributed by atoms with van der Waals surface area (Å²) in [7, 11) is 0. The van der Waals surface area contributed by atoms with E-state index in [1.54, 1.807) is 42.7 Å². The molecule has 2 aromatic heterocycles. The van der Waals surface area contributed by atoms with Crippen molar-refractivity contribution in [3.05, 3.63) is 111 Å². The second kappa shape index (κ2) is 8.43. The molecule has 4 rings (SSSR count). The third-order valence-electron chi connectivity index (χ3n) is 4.77. The molecule has 0 radical (unpaired) electrons. The van der Waals surface area contributed by atoms with Crippen LogP contribution in [0, 0.1) is 6.92 Å². The Bertz CT molecular complexity index is 1250. The fraction of sp³-hybridized carbons (Fsp3) is 0.0833. The number of rotatable bonds is 5. The number of carbonyl (C=O) groups excluding carboxylic acids is 1. The van der Waals surface area contributed by atoms with Crippen molar-refractivity contribution in [3.8, 4) is 11.3 Å². The molecule has 0 saturated heterocycles. The average molecular weight is 419 g/mol. The standard InChI is InChI=1S/C24H19ClN2O3/c1-16-13-21(28)22(24(29)26-19-9-3-2-4-10-19)23(17-7-5-8-18(25)14-17)27(16)15-20-11-6-12-30-20/h2-14H,15H2,1H3,(H,26,29). The van der Waals surface area contributed by atoms with Crippen LogP contribution >= 0.6 is 11.6 Å². The lowest BCUT2D eigenvalue weighted by molar-refractivity contribution is 0.102. The van der Waals surface area contributed by atoms with Gasteiger partial charge < -0.3 is 14.3 Å². The molecule has 0 spiro atoms. The minimum atomic E-state index is -0.477. The lowest BCUT2D eigenvalue weighted by Gasteiger charge is -2.20. The van der Waals surface area contributed by atoms with E-state index in [0.29, 0.717) is 40.0 Å². The highest BCUT2D eigenvalue weighted by atomic mass is 35.5. The maximum atomic E-state index is 13.2. The fourth-order valence-electron chi connectivity index (χ4n) is 3.40. The molecule has 0 saturated carbocycles. The molecule has 0 aliphatic heterocycles. The Balaban J connectivity index is 1.92. The predicted molar refractivity (Wildman–Crippen MR) is 118 cm³/mol. The number of carbonyl (C=O) groups is 1. The van der Waals surface area contributed by atoms with E-state index >= 15 is 0 Å². The molecule has 6 heteroatoms. The van der Waals surface area contributed by atoms with E-state index in [-0.39, 0.29) is 11.0 Å². The summed E-state index contributed by atoms with van der Waals surface area (Å²) in [4.78, 5) is 26.2. The van der Waals surface area contributed by atoms with Crippen LogP contribution in [0.3, 0.4) is 0 Å². The Morgan fingerprint density at radius 2 is 1.83 bits per heavy atom. The van der Waals surface area contributed by atoms with E-state index in [2.05, 4.69) is 5.32 Å². The van der Waals surface area contributed by atoms with Crippen LogP contribution in [0.2, 0.25) is 5.02 Å². The van der Waals surface area contributed by atoms with Crippen LogP contribution in [0.15, 0.2) is 88.3 Å². The number of hydrogen-bond donors (Lipinski definition) is 1. The van der Waals surface area contributed by atoms with Crippen LogP contribution in [0.1, 0.15) is 21.8 Å². The number of nitrogens with zero attached hydrogens (tertiary/aromatic N) is 1. The first kappa shape index (κ1) is 19.7. The van der Waals surface area contributed by atoms with E-state index in [0.717, 1.165) is 0 Å². The van der Waals surface area contributed by atoms with Gasteiger partial charge in [0.15, 0.2) is 5.43 Å². The summed E-state index contributed by atoms with van der Waals surface area (Å²) in [5.74, 6) is 0.230. The lowest BCUT2D eigenvalue weighted by Crippen LogP contribution is -2.26. The molecule has 0 unspecified atom stereocenters. The van der Waals surface area contributed by atoms with Gasteiger partial charge in [-0.15, -0.1) is 0 Å². The average Bonchev–Trinajstić information content (AvgIpc) is 3.23. The van der Waals surface area contributed by atoms with Crippen molar-refractivity contribution in [1.29, 1.82) is 0 Å². The van der Waals surface area contributed by atoms with Crippen molar-refractivity contribution in [3.63, 3.8) is 0 Å². The highest BCUT2D eigenvalue weighted by Crippen LogP contribution is 2.27. The lowest BCUT2D eigenvalue weighted by atomic mass is 10.0. The van der Waals surface area contributed by atoms with Crippen LogP contribution in [0.5, 0.6) is 0 Å². The third-order valence-corrected chi connectivity index (χ3v) is 5.00. The van der Waals surface area contributed by atoms with Crippen molar-refractivity contribution in [2.24, 2.45) is 0 Å². The van der Waals surface area contributed by atoms with Crippen molar-refractivity contribution in [2.45, 2.75) is 13.5 Å². The quantitative estimate of drug-likeness (QED) is 0.473. The van der Waals surface area contributed by atoms with Crippen molar-refractivity contribution >= 4 is 23.2 Å². The van der Waals surface area contributed by atoms with Gasteiger partial charge in [0.05, 0.1) is 18.5 Å². The number of benzene rings is 2. The van der Waals surface area contributed by atoms with Gasteiger partial charge in [0.25, 0.3) is 5.91 Å². The number of para-hydroxylation sites is 1. The predicted octanol–water partition coefficient (Wildman–Crippen LogP) is 5.37. The molecule has 4 aromatic rings. The maximum Gasteiger partial charge on any atom is 0.261 e. The van der Waals surface area contributed by atoms with Crippen LogP contribution in [0.25, 0.3) is 11.3 Å². The maximum absolute atomic E-state index is 13.2. The van der Waals surface area contributed by atoms with Crippen LogP contribution in [-0.2, 0) is 6.54 Å². The number of pyridine rings is 1. The first-order valence-corrected chi connectivity index (χ1v) is 9.80. The Morgan fingerprint density at radius 1 is 1.03 bits per heavy atom. The Kier molecular flexibility index (Phi) is 5.55. The van der Waals surface area contributed by atoms with Crippen LogP contribution in [0.4, 0.5) is 5.69 Å². The highest BCUT2D eigenvalue weighted by molar-refractivity contribution is 6.30. The van der Waals surface area contributed by atoms with Gasteiger partial charge in [-0.2, -0.15) is 0 Å². The Hall–Kier alpha value is -3.57. The molecule has 0 aliphatic carbocycles. The minimum absolute atomic E-state index is 0.0540. The molecule has 0 bridgehead atoms. The fourth-order valence-corrected chi connectivity index (χ4v) is 3.59. The molecule has 1 N–H and O–H groups in total. The summed E-state index contributed by atoms with van der Waals surface area (Å²) in [6.07, 6.45) is 1.59. The van der Waals surface area contributed by atoms with E-state index in [4.69, 9.17) is 16.0 Å². The van der Waals surface area contributed by atoms with Gasteiger partial charge in [-0.05, 0) is 43.3 Å². The van der Waals surface area contributed by atoms with Gasteiger partial charge in [-0.25, -0.2) is 0 Å². The van der Waals surface area contributed by atoms with E-state index in [9.17, 15) is 9.59 Å². The number of aromatic nitrogens is 1. The molecule has 2 aromatic carbocycles. The molecular formula is C24H19ClN2O3. The van der Waals surface area contributed by atoms with E-state index < -0.39 is 5.91 Å². The van der Waals surface area contributed by atoms with E-state index in [1.807, 2.05) is 41.8 Å². The third kappa shape index (κ3) is 4.07. The number of nitrogens with one attached hydrogen (secondary N) is 1. The molecule has 1 amide bonds. The molecule has 0 atom stereocenters. The van der Waals surface area contributed by atoms with E-state index in [1.165, 1.54) is 6.07 Å². The zero-order chi connectivity index (χ0) is 21.1. The first-order chi connectivity index (χ1) is 14.5. The number of anilines is 1. The first-order valence-electron chi connectivity index (χ1n) is 9.42. The van der Waals surface area contributed by atoms with Gasteiger partial charge in [-0.3, -0.25) is 9.59 Å². The number of amides is 1. The topological polar surface area (TPSA) is 64.2 Å². The second-order valence-corrected chi connectivity index (χ2v) is 7.31. The zero-order valence-corrected chi connectivity index (χ0v) is 17.0. The largest absolute Gasteiger partial charge is 0.467 e. The monoisotopic (exact) mass is 418 g/mol. The molecule has 0 fully saturated rings. The number of hydrogen-bond acceptors (Lipinski definition) is 3. The molecular weight excluding hydrogens is 400 g/mol. The van der Waals surface area contributed by atoms with Crippen LogP contribution < -0.4 is 10.7 Å². The van der Waals surface area contributed by atoms with Gasteiger partial charge in [0.1, 0.15) is 11.3 Å².